The first-order valence-corrected chi connectivity index (χ1v) is 3.42. The van der Waals surface area contributed by atoms with Crippen LogP contribution in [0.1, 0.15) is 26.2 Å². The lowest BCUT2D eigenvalue weighted by atomic mass is 10.2. The summed E-state index contributed by atoms with van der Waals surface area (Å²) in [6.45, 7) is 2.17. The Kier molecular flexibility index (Phi) is 1.74. The lowest BCUT2D eigenvalue weighted by Crippen LogP contribution is -1.94. The highest BCUT2D eigenvalue weighted by molar-refractivity contribution is 5.66. The topological polar surface area (TPSA) is 37.3 Å². The Morgan fingerprint density at radius 1 is 1.78 bits per heavy atom. The highest BCUT2D eigenvalue weighted by Gasteiger charge is 2.31. The standard InChI is InChI=1S/C7H12O2/c1-5-4-6(5)2-3-7(8)9/h5-6H,2-4H2,1H3,(H,8,9)/t5-,6-/m1/s1. The van der Waals surface area contributed by atoms with E-state index >= 15 is 0 Å². The third-order valence-corrected chi connectivity index (χ3v) is 2.01. The Balaban J connectivity index is 2.00. The lowest BCUT2D eigenvalue weighted by molar-refractivity contribution is -0.137. The second-order valence-electron chi connectivity index (χ2n) is 2.91. The predicted octanol–water partition coefficient (Wildman–Crippen LogP) is 1.51. The smallest absolute Gasteiger partial charge is 0.303 e. The third kappa shape index (κ3) is 2.04. The molecule has 1 N–H and O–H groups in total. The van der Waals surface area contributed by atoms with Crippen molar-refractivity contribution >= 4 is 5.97 Å². The van der Waals surface area contributed by atoms with Gasteiger partial charge in [0.1, 0.15) is 0 Å². The molecule has 0 spiro atoms. The molecule has 0 aromatic heterocycles. The van der Waals surface area contributed by atoms with Crippen LogP contribution in [0.2, 0.25) is 0 Å². The van der Waals surface area contributed by atoms with Crippen molar-refractivity contribution < 1.29 is 9.90 Å². The number of carboxylic acid groups (broad SMARTS) is 1. The molecule has 0 heterocycles. The van der Waals surface area contributed by atoms with Crippen LogP contribution in [0.4, 0.5) is 0 Å². The normalized spacial score (nSPS) is 32.1. The van der Waals surface area contributed by atoms with Gasteiger partial charge in [0.25, 0.3) is 0 Å². The van der Waals surface area contributed by atoms with E-state index in [9.17, 15) is 4.79 Å². The molecule has 0 radical (unpaired) electrons. The van der Waals surface area contributed by atoms with Crippen molar-refractivity contribution in [3.8, 4) is 0 Å². The number of rotatable bonds is 3. The summed E-state index contributed by atoms with van der Waals surface area (Å²) in [6.07, 6.45) is 2.48. The maximum atomic E-state index is 10.0. The first-order valence-electron chi connectivity index (χ1n) is 3.42. The lowest BCUT2D eigenvalue weighted by Gasteiger charge is -1.90. The van der Waals surface area contributed by atoms with E-state index < -0.39 is 5.97 Å². The van der Waals surface area contributed by atoms with Crippen molar-refractivity contribution in [2.75, 3.05) is 0 Å². The molecule has 2 heteroatoms. The van der Waals surface area contributed by atoms with E-state index in [1.54, 1.807) is 0 Å². The molecule has 1 aliphatic carbocycles. The Bertz CT molecular complexity index is 120. The molecule has 1 fully saturated rings. The second-order valence-corrected chi connectivity index (χ2v) is 2.91. The Morgan fingerprint density at radius 3 is 2.67 bits per heavy atom. The van der Waals surface area contributed by atoms with E-state index in [0.29, 0.717) is 6.42 Å². The zero-order valence-corrected chi connectivity index (χ0v) is 5.63. The van der Waals surface area contributed by atoms with Gasteiger partial charge in [0, 0.05) is 6.42 Å². The first-order chi connectivity index (χ1) is 4.20. The molecular weight excluding hydrogens is 116 g/mol. The van der Waals surface area contributed by atoms with Gasteiger partial charge < -0.3 is 5.11 Å². The van der Waals surface area contributed by atoms with E-state index in [0.717, 1.165) is 18.3 Å². The van der Waals surface area contributed by atoms with Crippen molar-refractivity contribution in [2.24, 2.45) is 11.8 Å². The largest absolute Gasteiger partial charge is 0.481 e. The summed E-state index contributed by atoms with van der Waals surface area (Å²) in [6, 6.07) is 0. The van der Waals surface area contributed by atoms with Crippen molar-refractivity contribution in [3.05, 3.63) is 0 Å². The van der Waals surface area contributed by atoms with Crippen molar-refractivity contribution in [1.82, 2.24) is 0 Å². The average Bonchev–Trinajstić information content (AvgIpc) is 2.42. The van der Waals surface area contributed by atoms with Gasteiger partial charge in [-0.3, -0.25) is 4.79 Å². The van der Waals surface area contributed by atoms with Crippen LogP contribution in [0, 0.1) is 11.8 Å². The van der Waals surface area contributed by atoms with Crippen molar-refractivity contribution in [2.45, 2.75) is 26.2 Å². The minimum absolute atomic E-state index is 0.356. The zero-order chi connectivity index (χ0) is 6.85. The fourth-order valence-corrected chi connectivity index (χ4v) is 1.11. The fraction of sp³-hybridized carbons (Fsp3) is 0.857. The zero-order valence-electron chi connectivity index (χ0n) is 5.63. The van der Waals surface area contributed by atoms with Crippen LogP contribution in [0.25, 0.3) is 0 Å². The highest BCUT2D eigenvalue weighted by Crippen LogP contribution is 2.41. The Morgan fingerprint density at radius 2 is 2.33 bits per heavy atom. The maximum Gasteiger partial charge on any atom is 0.303 e. The van der Waals surface area contributed by atoms with Crippen molar-refractivity contribution in [3.63, 3.8) is 0 Å². The highest BCUT2D eigenvalue weighted by atomic mass is 16.4. The van der Waals surface area contributed by atoms with Crippen LogP contribution < -0.4 is 0 Å². The number of carbonyl (C=O) groups is 1. The number of hydrogen-bond acceptors (Lipinski definition) is 1. The minimum atomic E-state index is -0.658. The molecule has 0 bridgehead atoms. The summed E-state index contributed by atoms with van der Waals surface area (Å²) in [7, 11) is 0. The minimum Gasteiger partial charge on any atom is -0.481 e. The molecule has 0 amide bonds. The molecule has 2 atom stereocenters. The van der Waals surface area contributed by atoms with Gasteiger partial charge in [-0.2, -0.15) is 0 Å². The molecule has 0 aromatic rings. The van der Waals surface area contributed by atoms with Gasteiger partial charge in [0.2, 0.25) is 0 Å². The summed E-state index contributed by atoms with van der Waals surface area (Å²) >= 11 is 0. The number of hydrogen-bond donors (Lipinski definition) is 1. The molecule has 0 unspecified atom stereocenters. The van der Waals surface area contributed by atoms with Crippen LogP contribution >= 0.6 is 0 Å². The Hall–Kier alpha value is -0.530. The maximum absolute atomic E-state index is 10.0. The van der Waals surface area contributed by atoms with E-state index in [1.165, 1.54) is 6.42 Å². The summed E-state index contributed by atoms with van der Waals surface area (Å²) in [4.78, 5) is 10.0. The van der Waals surface area contributed by atoms with E-state index in [1.807, 2.05) is 0 Å². The average molecular weight is 128 g/mol. The summed E-state index contributed by atoms with van der Waals surface area (Å²) < 4.78 is 0. The second kappa shape index (κ2) is 2.38. The molecule has 9 heavy (non-hydrogen) atoms. The van der Waals surface area contributed by atoms with Gasteiger partial charge in [0.15, 0.2) is 0 Å². The fourth-order valence-electron chi connectivity index (χ4n) is 1.11. The molecule has 1 aliphatic rings. The third-order valence-electron chi connectivity index (χ3n) is 2.01. The van der Waals surface area contributed by atoms with Gasteiger partial charge in [-0.1, -0.05) is 6.92 Å². The van der Waals surface area contributed by atoms with Gasteiger partial charge in [-0.15, -0.1) is 0 Å². The van der Waals surface area contributed by atoms with E-state index in [-0.39, 0.29) is 0 Å². The SMILES string of the molecule is C[C@@H]1C[C@H]1CCC(=O)O. The molecule has 0 saturated heterocycles. The van der Waals surface area contributed by atoms with Gasteiger partial charge in [0.05, 0.1) is 0 Å². The van der Waals surface area contributed by atoms with E-state index in [4.69, 9.17) is 5.11 Å². The molecule has 2 nitrogen and oxygen atoms in total. The van der Waals surface area contributed by atoms with Crippen molar-refractivity contribution in [1.29, 1.82) is 0 Å². The van der Waals surface area contributed by atoms with Crippen LogP contribution in [-0.4, -0.2) is 11.1 Å². The van der Waals surface area contributed by atoms with Crippen LogP contribution in [0.5, 0.6) is 0 Å². The van der Waals surface area contributed by atoms with E-state index in [2.05, 4.69) is 6.92 Å². The molecular formula is C7H12O2. The van der Waals surface area contributed by atoms with Gasteiger partial charge in [-0.25, -0.2) is 0 Å². The quantitative estimate of drug-likeness (QED) is 0.625. The molecule has 0 aromatic carbocycles. The summed E-state index contributed by atoms with van der Waals surface area (Å²) in [5, 5.41) is 8.28. The van der Waals surface area contributed by atoms with Gasteiger partial charge in [-0.05, 0) is 24.7 Å². The van der Waals surface area contributed by atoms with Gasteiger partial charge >= 0.3 is 5.97 Å². The molecule has 1 saturated carbocycles. The molecule has 52 valence electrons. The first kappa shape index (κ1) is 6.59. The van der Waals surface area contributed by atoms with Crippen LogP contribution in [-0.2, 0) is 4.79 Å². The summed E-state index contributed by atoms with van der Waals surface area (Å²) in [5.41, 5.74) is 0. The predicted molar refractivity (Wildman–Crippen MR) is 34.1 cm³/mol. The Labute approximate surface area is 54.9 Å². The molecule has 0 aliphatic heterocycles. The molecule has 1 rings (SSSR count). The monoisotopic (exact) mass is 128 g/mol. The number of carboxylic acids is 1. The van der Waals surface area contributed by atoms with Crippen LogP contribution in [0.3, 0.4) is 0 Å². The summed E-state index contributed by atoms with van der Waals surface area (Å²) in [5.74, 6) is 0.861. The van der Waals surface area contributed by atoms with Crippen LogP contribution in [0.15, 0.2) is 0 Å². The number of aliphatic carboxylic acids is 1.